The van der Waals surface area contributed by atoms with Gasteiger partial charge < -0.3 is 0 Å². The maximum Gasteiger partial charge on any atom is 0.345 e. The Morgan fingerprint density at radius 3 is 1.25 bits per heavy atom. The average molecular weight is 514 g/mol. The molecule has 1 atom stereocenters. The van der Waals surface area contributed by atoms with Crippen molar-refractivity contribution in [3.05, 3.63) is 127 Å². The Labute approximate surface area is 204 Å². The van der Waals surface area contributed by atoms with E-state index in [4.69, 9.17) is 0 Å². The summed E-state index contributed by atoms with van der Waals surface area (Å²) in [5, 5.41) is -1.17. The van der Waals surface area contributed by atoms with Crippen LogP contribution in [0.4, 0.5) is 22.1 Å². The van der Waals surface area contributed by atoms with E-state index in [0.717, 1.165) is 12.1 Å². The van der Waals surface area contributed by atoms with Gasteiger partial charge in [0.15, 0.2) is 0 Å². The van der Waals surface area contributed by atoms with Gasteiger partial charge in [0, 0.05) is 5.56 Å². The fourth-order valence-corrected chi connectivity index (χ4v) is 8.73. The highest BCUT2D eigenvalue weighted by atomic mass is 31.2. The number of carbonyl (C=O) groups is 1. The standard InChI is InChI=1S/C28H20F5O2P/c29-26(34)25(28(32,35-33)27(30,31)21-13-5-1-6-14-21)36(22-15-7-2-8-16-22,23-17-9-3-10-18-23)24-19-11-4-12-20-24/h1-20H. The van der Waals surface area contributed by atoms with Crippen molar-refractivity contribution >= 4 is 34.1 Å². The highest BCUT2D eigenvalue weighted by Crippen LogP contribution is 2.54. The van der Waals surface area contributed by atoms with Gasteiger partial charge in [-0.3, -0.25) is 4.79 Å². The van der Waals surface area contributed by atoms with Gasteiger partial charge in [-0.05, 0) is 27.3 Å². The molecule has 4 aromatic carbocycles. The largest absolute Gasteiger partial charge is 0.345 e. The lowest BCUT2D eigenvalue weighted by Gasteiger charge is -2.37. The first-order chi connectivity index (χ1) is 17.3. The lowest BCUT2D eigenvalue weighted by molar-refractivity contribution is -0.336. The molecule has 0 bridgehead atoms. The van der Waals surface area contributed by atoms with Crippen LogP contribution in [0.1, 0.15) is 5.56 Å². The van der Waals surface area contributed by atoms with Crippen LogP contribution in [-0.2, 0) is 15.7 Å². The van der Waals surface area contributed by atoms with Gasteiger partial charge in [-0.1, -0.05) is 121 Å². The van der Waals surface area contributed by atoms with Crippen LogP contribution in [0, 0.1) is 0 Å². The highest BCUT2D eigenvalue weighted by Gasteiger charge is 2.66. The second-order valence-corrected chi connectivity index (χ2v) is 11.3. The van der Waals surface area contributed by atoms with Crippen LogP contribution in [0.25, 0.3) is 0 Å². The van der Waals surface area contributed by atoms with Gasteiger partial charge in [-0.2, -0.15) is 17.6 Å². The zero-order chi connectivity index (χ0) is 25.8. The molecule has 4 rings (SSSR count). The number of hydrogen-bond acceptors (Lipinski definition) is 2. The lowest BCUT2D eigenvalue weighted by Crippen LogP contribution is -2.54. The van der Waals surface area contributed by atoms with Crippen molar-refractivity contribution in [2.45, 2.75) is 11.8 Å². The molecule has 0 spiro atoms. The summed E-state index contributed by atoms with van der Waals surface area (Å²) in [5.41, 5.74) is -0.990. The Morgan fingerprint density at radius 1 is 0.611 bits per heavy atom. The van der Waals surface area contributed by atoms with Crippen LogP contribution in [0.15, 0.2) is 121 Å². The molecule has 0 aliphatic heterocycles. The Balaban J connectivity index is 2.31. The molecule has 0 heterocycles. The molecule has 36 heavy (non-hydrogen) atoms. The van der Waals surface area contributed by atoms with E-state index in [2.05, 4.69) is 4.94 Å². The molecule has 0 saturated heterocycles. The normalized spacial score (nSPS) is 13.6. The summed E-state index contributed by atoms with van der Waals surface area (Å²) in [6.07, 6.45) is 0. The van der Waals surface area contributed by atoms with Gasteiger partial charge in [0.1, 0.15) is 5.29 Å². The third kappa shape index (κ3) is 4.08. The molecule has 184 valence electrons. The van der Waals surface area contributed by atoms with Crippen LogP contribution in [0.2, 0.25) is 0 Å². The van der Waals surface area contributed by atoms with E-state index in [-0.39, 0.29) is 15.9 Å². The SMILES string of the molecule is O=C(F)C(C(F)(OF)C(F)(F)c1ccccc1)=P(c1ccccc1)(c1ccccc1)c1ccccc1. The van der Waals surface area contributed by atoms with Crippen LogP contribution in [0.5, 0.6) is 0 Å². The maximum atomic E-state index is 16.6. The third-order valence-corrected chi connectivity index (χ3v) is 10.3. The molecular weight excluding hydrogens is 494 g/mol. The van der Waals surface area contributed by atoms with Crippen molar-refractivity contribution in [1.29, 1.82) is 0 Å². The van der Waals surface area contributed by atoms with Crippen molar-refractivity contribution < 1.29 is 31.8 Å². The number of alkyl halides is 3. The van der Waals surface area contributed by atoms with Crippen LogP contribution in [0.3, 0.4) is 0 Å². The molecule has 0 aliphatic rings. The van der Waals surface area contributed by atoms with Crippen molar-refractivity contribution in [3.8, 4) is 0 Å². The van der Waals surface area contributed by atoms with Crippen LogP contribution in [-0.4, -0.2) is 17.2 Å². The maximum absolute atomic E-state index is 16.6. The van der Waals surface area contributed by atoms with E-state index in [1.165, 1.54) is 54.6 Å². The minimum absolute atomic E-state index is 0.159. The molecular formula is C28H20F5O2P. The Bertz CT molecular complexity index is 1280. The van der Waals surface area contributed by atoms with Crippen molar-refractivity contribution in [3.63, 3.8) is 0 Å². The van der Waals surface area contributed by atoms with Gasteiger partial charge in [0.2, 0.25) is 0 Å². The number of halogens is 5. The first-order valence-electron chi connectivity index (χ1n) is 10.9. The summed E-state index contributed by atoms with van der Waals surface area (Å²) in [4.78, 5) is 16.1. The Kier molecular flexibility index (Phi) is 7.25. The topological polar surface area (TPSA) is 26.3 Å². The number of carbonyl (C=O) groups excluding carboxylic acids is 1. The number of rotatable bonds is 8. The first kappa shape index (κ1) is 25.5. The van der Waals surface area contributed by atoms with E-state index in [1.807, 2.05) is 0 Å². The van der Waals surface area contributed by atoms with Gasteiger partial charge in [0.25, 0.3) is 0 Å². The Morgan fingerprint density at radius 2 is 0.944 bits per heavy atom. The molecule has 0 aromatic heterocycles. The lowest BCUT2D eigenvalue weighted by atomic mass is 9.99. The van der Waals surface area contributed by atoms with Crippen molar-refractivity contribution in [2.24, 2.45) is 0 Å². The molecule has 2 nitrogen and oxygen atoms in total. The summed E-state index contributed by atoms with van der Waals surface area (Å²) in [6.45, 7) is -4.10. The second-order valence-electron chi connectivity index (χ2n) is 7.91. The van der Waals surface area contributed by atoms with E-state index in [0.29, 0.717) is 0 Å². The number of hydrogen-bond donors (Lipinski definition) is 0. The molecule has 0 saturated carbocycles. The van der Waals surface area contributed by atoms with Gasteiger partial charge in [0.05, 0.1) is 0 Å². The second kappa shape index (κ2) is 10.2. The smallest absolute Gasteiger partial charge is 0.255 e. The molecule has 0 N–H and O–H groups in total. The summed E-state index contributed by atoms with van der Waals surface area (Å²) in [6, 6.07) is 25.9. The van der Waals surface area contributed by atoms with E-state index in [1.54, 1.807) is 54.6 Å². The molecule has 0 radical (unpaired) electrons. The van der Waals surface area contributed by atoms with Crippen molar-refractivity contribution in [1.82, 2.24) is 0 Å². The van der Waals surface area contributed by atoms with E-state index < -0.39 is 35.6 Å². The molecule has 0 fully saturated rings. The van der Waals surface area contributed by atoms with Gasteiger partial charge in [-0.15, -0.1) is 4.94 Å². The molecule has 1 unspecified atom stereocenters. The predicted molar refractivity (Wildman–Crippen MR) is 133 cm³/mol. The van der Waals surface area contributed by atoms with Crippen LogP contribution >= 0.6 is 6.89 Å². The molecule has 0 aliphatic carbocycles. The summed E-state index contributed by atoms with van der Waals surface area (Å²) >= 11 is 0. The average Bonchev–Trinajstić information content (AvgIpc) is 2.93. The Hall–Kier alpha value is -3.54. The minimum atomic E-state index is -4.79. The summed E-state index contributed by atoms with van der Waals surface area (Å²) in [7, 11) is 0. The summed E-state index contributed by atoms with van der Waals surface area (Å²) in [5.74, 6) is -9.57. The molecule has 8 heteroatoms. The van der Waals surface area contributed by atoms with Gasteiger partial charge >= 0.3 is 17.8 Å². The third-order valence-electron chi connectivity index (χ3n) is 5.90. The zero-order valence-electron chi connectivity index (χ0n) is 18.7. The fourth-order valence-electron chi connectivity index (χ4n) is 4.33. The number of benzene rings is 4. The predicted octanol–water partition coefficient (Wildman–Crippen LogP) is 6.01. The minimum Gasteiger partial charge on any atom is -0.255 e. The monoisotopic (exact) mass is 514 g/mol. The molecule has 0 amide bonds. The quantitative estimate of drug-likeness (QED) is 0.164. The van der Waals surface area contributed by atoms with Gasteiger partial charge in [-0.25, -0.2) is 0 Å². The van der Waals surface area contributed by atoms with Crippen LogP contribution < -0.4 is 15.9 Å². The fraction of sp³-hybridized carbons (Fsp3) is 0.0714. The highest BCUT2D eigenvalue weighted by molar-refractivity contribution is 7.96. The van der Waals surface area contributed by atoms with E-state index >= 15 is 17.6 Å². The van der Waals surface area contributed by atoms with Crippen molar-refractivity contribution in [2.75, 3.05) is 0 Å². The first-order valence-corrected chi connectivity index (χ1v) is 12.6. The summed E-state index contributed by atoms with van der Waals surface area (Å²) < 4.78 is 77.7. The zero-order valence-corrected chi connectivity index (χ0v) is 19.6. The molecule has 4 aromatic rings. The van der Waals surface area contributed by atoms with E-state index in [9.17, 15) is 9.32 Å².